The molecule has 2 aromatic carbocycles. The second-order valence-electron chi connectivity index (χ2n) is 5.76. The summed E-state index contributed by atoms with van der Waals surface area (Å²) in [7, 11) is 0. The number of aliphatic hydroxyl groups excluding tert-OH is 1. The van der Waals surface area contributed by atoms with Gasteiger partial charge in [-0.15, -0.1) is 10.2 Å². The highest BCUT2D eigenvalue weighted by molar-refractivity contribution is 7.99. The molecule has 130 valence electrons. The minimum Gasteiger partial charge on any atom is -0.396 e. The third-order valence-corrected chi connectivity index (χ3v) is 4.85. The molecule has 1 aromatic heterocycles. The van der Waals surface area contributed by atoms with Gasteiger partial charge in [-0.2, -0.15) is 0 Å². The predicted molar refractivity (Wildman–Crippen MR) is 102 cm³/mol. The predicted octanol–water partition coefficient (Wildman–Crippen LogP) is 3.58. The van der Waals surface area contributed by atoms with Crippen LogP contribution < -0.4 is 5.32 Å². The van der Waals surface area contributed by atoms with Gasteiger partial charge in [0.15, 0.2) is 11.0 Å². The van der Waals surface area contributed by atoms with Gasteiger partial charge in [-0.05, 0) is 37.1 Å². The normalized spacial score (nSPS) is 10.8. The van der Waals surface area contributed by atoms with Gasteiger partial charge in [0.25, 0.3) is 0 Å². The molecule has 0 spiro atoms. The van der Waals surface area contributed by atoms with Crippen molar-refractivity contribution >= 4 is 17.4 Å². The van der Waals surface area contributed by atoms with Crippen LogP contribution in [0.2, 0.25) is 0 Å². The van der Waals surface area contributed by atoms with Gasteiger partial charge in [-0.1, -0.05) is 48.2 Å². The standard InChI is InChI=1S/C19H22N4OS/c1-14-7-6-8-15(2)18(14)20-13-17-21-22-19(25-12-11-24)23(17)16-9-4-3-5-10-16/h3-10,20,24H,11-13H2,1-2H3. The van der Waals surface area contributed by atoms with Crippen molar-refractivity contribution in [3.8, 4) is 5.69 Å². The smallest absolute Gasteiger partial charge is 0.195 e. The zero-order chi connectivity index (χ0) is 17.6. The van der Waals surface area contributed by atoms with Crippen LogP contribution in [-0.4, -0.2) is 32.2 Å². The maximum absolute atomic E-state index is 9.12. The van der Waals surface area contributed by atoms with Gasteiger partial charge in [0.05, 0.1) is 13.2 Å². The molecule has 0 aliphatic carbocycles. The molecule has 0 saturated heterocycles. The molecule has 0 aliphatic rings. The number of aryl methyl sites for hydroxylation is 2. The molecule has 5 nitrogen and oxygen atoms in total. The number of aliphatic hydroxyl groups is 1. The van der Waals surface area contributed by atoms with E-state index < -0.39 is 0 Å². The van der Waals surface area contributed by atoms with E-state index in [4.69, 9.17) is 5.11 Å². The van der Waals surface area contributed by atoms with Crippen molar-refractivity contribution in [2.45, 2.75) is 25.5 Å². The number of para-hydroxylation sites is 2. The van der Waals surface area contributed by atoms with Crippen molar-refractivity contribution in [1.82, 2.24) is 14.8 Å². The highest BCUT2D eigenvalue weighted by atomic mass is 32.2. The van der Waals surface area contributed by atoms with Crippen molar-refractivity contribution < 1.29 is 5.11 Å². The third kappa shape index (κ3) is 4.03. The summed E-state index contributed by atoms with van der Waals surface area (Å²) >= 11 is 1.50. The summed E-state index contributed by atoms with van der Waals surface area (Å²) in [6, 6.07) is 16.3. The lowest BCUT2D eigenvalue weighted by Crippen LogP contribution is -2.10. The summed E-state index contributed by atoms with van der Waals surface area (Å²) in [5, 5.41) is 22.1. The molecule has 25 heavy (non-hydrogen) atoms. The molecule has 3 aromatic rings. The average molecular weight is 354 g/mol. The first-order chi connectivity index (χ1) is 12.2. The molecule has 2 N–H and O–H groups in total. The number of aromatic nitrogens is 3. The number of thioether (sulfide) groups is 1. The number of hydrogen-bond acceptors (Lipinski definition) is 5. The molecule has 0 saturated carbocycles. The summed E-state index contributed by atoms with van der Waals surface area (Å²) in [5.41, 5.74) is 4.57. The lowest BCUT2D eigenvalue weighted by Gasteiger charge is -2.14. The topological polar surface area (TPSA) is 63.0 Å². The molecular weight excluding hydrogens is 332 g/mol. The molecule has 0 amide bonds. The summed E-state index contributed by atoms with van der Waals surface area (Å²) in [6.07, 6.45) is 0. The Morgan fingerprint density at radius 1 is 1.00 bits per heavy atom. The van der Waals surface area contributed by atoms with Crippen molar-refractivity contribution in [3.05, 3.63) is 65.5 Å². The van der Waals surface area contributed by atoms with E-state index in [1.807, 2.05) is 34.9 Å². The second-order valence-corrected chi connectivity index (χ2v) is 6.82. The van der Waals surface area contributed by atoms with Crippen molar-refractivity contribution in [2.75, 3.05) is 17.7 Å². The first kappa shape index (κ1) is 17.5. The van der Waals surface area contributed by atoms with Gasteiger partial charge in [0.1, 0.15) is 0 Å². The van der Waals surface area contributed by atoms with E-state index in [1.54, 1.807) is 0 Å². The molecular formula is C19H22N4OS. The highest BCUT2D eigenvalue weighted by Gasteiger charge is 2.14. The molecule has 0 unspecified atom stereocenters. The maximum Gasteiger partial charge on any atom is 0.195 e. The highest BCUT2D eigenvalue weighted by Crippen LogP contribution is 2.24. The number of benzene rings is 2. The molecule has 0 atom stereocenters. The first-order valence-electron chi connectivity index (χ1n) is 8.24. The van der Waals surface area contributed by atoms with Gasteiger partial charge in [-0.3, -0.25) is 4.57 Å². The van der Waals surface area contributed by atoms with Gasteiger partial charge in [-0.25, -0.2) is 0 Å². The third-order valence-electron chi connectivity index (χ3n) is 3.94. The lowest BCUT2D eigenvalue weighted by molar-refractivity contribution is 0.322. The van der Waals surface area contributed by atoms with Gasteiger partial charge in [0.2, 0.25) is 0 Å². The van der Waals surface area contributed by atoms with E-state index in [2.05, 4.69) is 47.6 Å². The Labute approximate surface area is 152 Å². The first-order valence-corrected chi connectivity index (χ1v) is 9.22. The zero-order valence-electron chi connectivity index (χ0n) is 14.4. The number of nitrogens with zero attached hydrogens (tertiary/aromatic N) is 3. The minimum absolute atomic E-state index is 0.113. The quantitative estimate of drug-likeness (QED) is 0.635. The SMILES string of the molecule is Cc1cccc(C)c1NCc1nnc(SCCO)n1-c1ccccc1. The summed E-state index contributed by atoms with van der Waals surface area (Å²) in [4.78, 5) is 0. The summed E-state index contributed by atoms with van der Waals surface area (Å²) < 4.78 is 2.04. The van der Waals surface area contributed by atoms with Crippen molar-refractivity contribution in [1.29, 1.82) is 0 Å². The van der Waals surface area contributed by atoms with E-state index in [0.717, 1.165) is 22.4 Å². The Bertz CT molecular complexity index is 812. The van der Waals surface area contributed by atoms with Crippen molar-refractivity contribution in [3.63, 3.8) is 0 Å². The Morgan fingerprint density at radius 2 is 1.72 bits per heavy atom. The average Bonchev–Trinajstić information content (AvgIpc) is 3.03. The van der Waals surface area contributed by atoms with Gasteiger partial charge < -0.3 is 10.4 Å². The molecule has 6 heteroatoms. The van der Waals surface area contributed by atoms with Crippen LogP contribution in [0.3, 0.4) is 0 Å². The van der Waals surface area contributed by atoms with Crippen LogP contribution in [0.1, 0.15) is 17.0 Å². The lowest BCUT2D eigenvalue weighted by atomic mass is 10.1. The fourth-order valence-corrected chi connectivity index (χ4v) is 3.45. The zero-order valence-corrected chi connectivity index (χ0v) is 15.3. The van der Waals surface area contributed by atoms with E-state index in [-0.39, 0.29) is 6.61 Å². The molecule has 1 heterocycles. The van der Waals surface area contributed by atoms with E-state index >= 15 is 0 Å². The van der Waals surface area contributed by atoms with Crippen molar-refractivity contribution in [2.24, 2.45) is 0 Å². The maximum atomic E-state index is 9.12. The fourth-order valence-electron chi connectivity index (χ4n) is 2.74. The summed E-state index contributed by atoms with van der Waals surface area (Å²) in [5.74, 6) is 1.43. The van der Waals surface area contributed by atoms with E-state index in [9.17, 15) is 0 Å². The van der Waals surface area contributed by atoms with Crippen LogP contribution in [0.4, 0.5) is 5.69 Å². The van der Waals surface area contributed by atoms with Gasteiger partial charge >= 0.3 is 0 Å². The number of nitrogens with one attached hydrogen (secondary N) is 1. The monoisotopic (exact) mass is 354 g/mol. The van der Waals surface area contributed by atoms with Crippen LogP contribution in [0.15, 0.2) is 53.7 Å². The molecule has 0 bridgehead atoms. The van der Waals surface area contributed by atoms with E-state index in [0.29, 0.717) is 12.3 Å². The van der Waals surface area contributed by atoms with Gasteiger partial charge in [0, 0.05) is 17.1 Å². The Morgan fingerprint density at radius 3 is 2.40 bits per heavy atom. The Balaban J connectivity index is 1.90. The van der Waals surface area contributed by atoms with Crippen LogP contribution in [-0.2, 0) is 6.54 Å². The molecule has 0 radical (unpaired) electrons. The number of anilines is 1. The molecule has 0 fully saturated rings. The minimum atomic E-state index is 0.113. The largest absolute Gasteiger partial charge is 0.396 e. The van der Waals surface area contributed by atoms with Crippen LogP contribution in [0, 0.1) is 13.8 Å². The van der Waals surface area contributed by atoms with Crippen LogP contribution >= 0.6 is 11.8 Å². The Kier molecular flexibility index (Phi) is 5.73. The summed E-state index contributed by atoms with van der Waals surface area (Å²) in [6.45, 7) is 4.88. The Hall–Kier alpha value is -2.31. The molecule has 0 aliphatic heterocycles. The van der Waals surface area contributed by atoms with E-state index in [1.165, 1.54) is 22.9 Å². The fraction of sp³-hybridized carbons (Fsp3) is 0.263. The van der Waals surface area contributed by atoms with Crippen LogP contribution in [0.25, 0.3) is 5.69 Å². The second kappa shape index (κ2) is 8.18. The number of hydrogen-bond donors (Lipinski definition) is 2. The van der Waals surface area contributed by atoms with Crippen LogP contribution in [0.5, 0.6) is 0 Å². The number of rotatable bonds is 7. The molecule has 3 rings (SSSR count).